The smallest absolute Gasteiger partial charge is 0.191 e. The maximum Gasteiger partial charge on any atom is 0.191 e. The molecule has 0 heterocycles. The average molecular weight is 401 g/mol. The van der Waals surface area contributed by atoms with E-state index < -0.39 is 0 Å². The van der Waals surface area contributed by atoms with Gasteiger partial charge in [0.15, 0.2) is 5.96 Å². The molecular weight excluding hydrogens is 369 g/mol. The normalized spacial score (nSPS) is 13.0. The Morgan fingerprint density at radius 2 is 1.80 bits per heavy atom. The summed E-state index contributed by atoms with van der Waals surface area (Å²) in [4.78, 5) is 4.20. The second-order valence-electron chi connectivity index (χ2n) is 5.12. The van der Waals surface area contributed by atoms with Crippen molar-refractivity contribution < 1.29 is 9.47 Å². The van der Waals surface area contributed by atoms with E-state index in [4.69, 9.17) is 9.47 Å². The summed E-state index contributed by atoms with van der Waals surface area (Å²) in [5.41, 5.74) is 0. The number of hydrogen-bond acceptors (Lipinski definition) is 3. The number of halogens is 1. The molecule has 0 radical (unpaired) electrons. The topological polar surface area (TPSA) is 54.9 Å². The quantitative estimate of drug-likeness (QED) is 0.255. The molecule has 0 bridgehead atoms. The van der Waals surface area contributed by atoms with Crippen LogP contribution in [-0.2, 0) is 9.47 Å². The molecular formula is C14H32IN3O2. The number of methoxy groups -OCH3 is 1. The van der Waals surface area contributed by atoms with Crippen molar-refractivity contribution in [3.05, 3.63) is 0 Å². The van der Waals surface area contributed by atoms with E-state index in [9.17, 15) is 0 Å². The van der Waals surface area contributed by atoms with Crippen LogP contribution >= 0.6 is 24.0 Å². The third-order valence-electron chi connectivity index (χ3n) is 2.75. The molecule has 20 heavy (non-hydrogen) atoms. The average Bonchev–Trinajstić information content (AvgIpc) is 2.39. The molecule has 0 aromatic heterocycles. The van der Waals surface area contributed by atoms with E-state index >= 15 is 0 Å². The highest BCUT2D eigenvalue weighted by atomic mass is 127. The second kappa shape index (κ2) is 15.3. The van der Waals surface area contributed by atoms with Gasteiger partial charge in [0.05, 0.1) is 19.8 Å². The minimum absolute atomic E-state index is 0. The molecule has 0 rings (SSSR count). The van der Waals surface area contributed by atoms with Gasteiger partial charge in [-0.05, 0) is 25.7 Å². The first-order chi connectivity index (χ1) is 9.10. The zero-order valence-corrected chi connectivity index (χ0v) is 15.9. The lowest BCUT2D eigenvalue weighted by Gasteiger charge is -2.18. The Labute approximate surface area is 141 Å². The molecule has 0 saturated carbocycles. The highest BCUT2D eigenvalue weighted by Crippen LogP contribution is 2.05. The minimum atomic E-state index is 0. The van der Waals surface area contributed by atoms with Crippen LogP contribution in [0.1, 0.15) is 33.6 Å². The van der Waals surface area contributed by atoms with E-state index in [0.717, 1.165) is 24.8 Å². The molecule has 0 aromatic carbocycles. The van der Waals surface area contributed by atoms with Gasteiger partial charge in [0, 0.05) is 26.7 Å². The maximum absolute atomic E-state index is 5.38. The van der Waals surface area contributed by atoms with Crippen molar-refractivity contribution >= 4 is 29.9 Å². The molecule has 0 saturated heterocycles. The molecule has 6 heteroatoms. The Bertz CT molecular complexity index is 238. The van der Waals surface area contributed by atoms with Crippen LogP contribution in [0.25, 0.3) is 0 Å². The zero-order valence-electron chi connectivity index (χ0n) is 13.6. The lowest BCUT2D eigenvalue weighted by Crippen LogP contribution is -2.43. The fraction of sp³-hybridized carbons (Fsp3) is 0.929. The van der Waals surface area contributed by atoms with Gasteiger partial charge in [0.2, 0.25) is 0 Å². The molecule has 122 valence electrons. The van der Waals surface area contributed by atoms with E-state index in [1.165, 1.54) is 6.42 Å². The summed E-state index contributed by atoms with van der Waals surface area (Å²) >= 11 is 0. The van der Waals surface area contributed by atoms with Crippen LogP contribution in [-0.4, -0.2) is 52.5 Å². The Kier molecular flexibility index (Phi) is 17.0. The van der Waals surface area contributed by atoms with Gasteiger partial charge >= 0.3 is 0 Å². The number of nitrogens with one attached hydrogen (secondary N) is 2. The van der Waals surface area contributed by atoms with Crippen LogP contribution in [0, 0.1) is 5.92 Å². The largest absolute Gasteiger partial charge is 0.382 e. The summed E-state index contributed by atoms with van der Waals surface area (Å²) in [7, 11) is 3.46. The summed E-state index contributed by atoms with van der Waals surface area (Å²) < 4.78 is 10.3. The van der Waals surface area contributed by atoms with Crippen molar-refractivity contribution in [3.63, 3.8) is 0 Å². The fourth-order valence-electron chi connectivity index (χ4n) is 1.57. The Balaban J connectivity index is 0. The molecule has 0 aromatic rings. The third-order valence-corrected chi connectivity index (χ3v) is 2.75. The first kappa shape index (κ1) is 22.2. The Morgan fingerprint density at radius 3 is 2.35 bits per heavy atom. The van der Waals surface area contributed by atoms with E-state index in [-0.39, 0.29) is 24.0 Å². The highest BCUT2D eigenvalue weighted by molar-refractivity contribution is 14.0. The summed E-state index contributed by atoms with van der Waals surface area (Å²) in [5.74, 6) is 1.58. The van der Waals surface area contributed by atoms with Crippen LogP contribution < -0.4 is 10.6 Å². The molecule has 0 spiro atoms. The molecule has 0 aliphatic carbocycles. The molecule has 2 N–H and O–H groups in total. The fourth-order valence-corrected chi connectivity index (χ4v) is 1.57. The third kappa shape index (κ3) is 14.3. The predicted octanol–water partition coefficient (Wildman–Crippen LogP) is 2.26. The number of rotatable bonds is 10. The highest BCUT2D eigenvalue weighted by Gasteiger charge is 2.05. The van der Waals surface area contributed by atoms with Crippen molar-refractivity contribution in [1.29, 1.82) is 0 Å². The monoisotopic (exact) mass is 401 g/mol. The van der Waals surface area contributed by atoms with Crippen molar-refractivity contribution in [2.24, 2.45) is 10.9 Å². The summed E-state index contributed by atoms with van der Waals surface area (Å²) in [5, 5.41) is 6.62. The number of aliphatic imine (C=N–C) groups is 1. The van der Waals surface area contributed by atoms with Crippen molar-refractivity contribution in [2.75, 3.05) is 40.5 Å². The molecule has 1 atom stereocenters. The van der Waals surface area contributed by atoms with E-state index in [1.807, 2.05) is 0 Å². The Morgan fingerprint density at radius 1 is 1.10 bits per heavy atom. The molecule has 5 nitrogen and oxygen atoms in total. The summed E-state index contributed by atoms with van der Waals surface area (Å²) in [6.07, 6.45) is 2.38. The Hall–Kier alpha value is -0.0800. The van der Waals surface area contributed by atoms with E-state index in [1.54, 1.807) is 14.2 Å². The molecule has 0 amide bonds. The summed E-state index contributed by atoms with van der Waals surface area (Å²) in [6, 6.07) is 0.433. The van der Waals surface area contributed by atoms with Crippen LogP contribution in [0.3, 0.4) is 0 Å². The first-order valence-electron chi connectivity index (χ1n) is 7.14. The van der Waals surface area contributed by atoms with Crippen molar-refractivity contribution in [2.45, 2.75) is 39.7 Å². The van der Waals surface area contributed by atoms with Gasteiger partial charge in [-0.3, -0.25) is 4.99 Å². The predicted molar refractivity (Wildman–Crippen MR) is 96.1 cm³/mol. The van der Waals surface area contributed by atoms with Gasteiger partial charge in [-0.1, -0.05) is 13.8 Å². The molecule has 0 aliphatic rings. The molecule has 0 fully saturated rings. The van der Waals surface area contributed by atoms with Crippen LogP contribution in [0.2, 0.25) is 0 Å². The van der Waals surface area contributed by atoms with E-state index in [2.05, 4.69) is 36.4 Å². The lowest BCUT2D eigenvalue weighted by atomic mass is 10.0. The summed E-state index contributed by atoms with van der Waals surface area (Å²) in [6.45, 7) is 9.36. The minimum Gasteiger partial charge on any atom is -0.382 e. The maximum atomic E-state index is 5.38. The van der Waals surface area contributed by atoms with E-state index in [0.29, 0.717) is 25.9 Å². The first-order valence-corrected chi connectivity index (χ1v) is 7.14. The van der Waals surface area contributed by atoms with Gasteiger partial charge in [0.1, 0.15) is 0 Å². The molecule has 0 aliphatic heterocycles. The number of nitrogens with zero attached hydrogens (tertiary/aromatic N) is 1. The zero-order chi connectivity index (χ0) is 14.5. The van der Waals surface area contributed by atoms with Crippen LogP contribution in [0.5, 0.6) is 0 Å². The van der Waals surface area contributed by atoms with Crippen LogP contribution in [0.4, 0.5) is 0 Å². The van der Waals surface area contributed by atoms with Gasteiger partial charge in [-0.15, -0.1) is 24.0 Å². The van der Waals surface area contributed by atoms with Crippen molar-refractivity contribution in [1.82, 2.24) is 10.6 Å². The SMILES string of the molecule is CN=C(NCCOCCOC)NC(C)CCC(C)C.I. The van der Waals surface area contributed by atoms with Crippen LogP contribution in [0.15, 0.2) is 4.99 Å². The number of hydrogen-bond donors (Lipinski definition) is 2. The van der Waals surface area contributed by atoms with Crippen molar-refractivity contribution in [3.8, 4) is 0 Å². The molecule has 1 unspecified atom stereocenters. The van der Waals surface area contributed by atoms with Gasteiger partial charge in [-0.25, -0.2) is 0 Å². The number of guanidine groups is 1. The number of ether oxygens (including phenoxy) is 2. The van der Waals surface area contributed by atoms with Gasteiger partial charge in [0.25, 0.3) is 0 Å². The standard InChI is InChI=1S/C14H31N3O2.HI/c1-12(2)6-7-13(3)17-14(15-4)16-8-9-19-11-10-18-5;/h12-13H,6-11H2,1-5H3,(H2,15,16,17);1H. The van der Waals surface area contributed by atoms with Gasteiger partial charge < -0.3 is 20.1 Å². The second-order valence-corrected chi connectivity index (χ2v) is 5.12. The van der Waals surface area contributed by atoms with Gasteiger partial charge in [-0.2, -0.15) is 0 Å². The lowest BCUT2D eigenvalue weighted by molar-refractivity contribution is 0.0733.